The van der Waals surface area contributed by atoms with Gasteiger partial charge in [0.15, 0.2) is 0 Å². The molecule has 0 saturated heterocycles. The van der Waals surface area contributed by atoms with Crippen LogP contribution in [0.25, 0.3) is 0 Å². The second-order valence-electron chi connectivity index (χ2n) is 3.84. The van der Waals surface area contributed by atoms with Crippen molar-refractivity contribution in [2.75, 3.05) is 30.9 Å². The lowest BCUT2D eigenvalue weighted by Crippen LogP contribution is -2.25. The van der Waals surface area contributed by atoms with Crippen LogP contribution in [0.2, 0.25) is 5.02 Å². The van der Waals surface area contributed by atoms with Gasteiger partial charge in [0.2, 0.25) is 0 Å². The molecule has 3 N–H and O–H groups in total. The molecule has 0 radical (unpaired) electrons. The molecule has 1 rings (SSSR count). The number of halogens is 1. The Morgan fingerprint density at radius 2 is 2.13 bits per heavy atom. The molecule has 0 saturated carbocycles. The quantitative estimate of drug-likeness (QED) is 0.829. The molecule has 1 aromatic rings. The average molecular weight is 228 g/mol. The van der Waals surface area contributed by atoms with Crippen LogP contribution in [0.15, 0.2) is 18.2 Å². The van der Waals surface area contributed by atoms with Crippen molar-refractivity contribution in [3.8, 4) is 0 Å². The molecule has 4 heteroatoms. The number of rotatable bonds is 4. The highest BCUT2D eigenvalue weighted by Gasteiger charge is 2.04. The van der Waals surface area contributed by atoms with Crippen molar-refractivity contribution in [1.29, 1.82) is 0 Å². The summed E-state index contributed by atoms with van der Waals surface area (Å²) in [7, 11) is 3.94. The van der Waals surface area contributed by atoms with E-state index in [1.165, 1.54) is 0 Å². The Labute approximate surface area is 96.2 Å². The molecule has 0 spiro atoms. The third-order valence-corrected chi connectivity index (χ3v) is 2.50. The minimum atomic E-state index is 0.256. The van der Waals surface area contributed by atoms with Crippen LogP contribution in [0.3, 0.4) is 0 Å². The highest BCUT2D eigenvalue weighted by Crippen LogP contribution is 2.27. The number of nitrogens with zero attached hydrogens (tertiary/aromatic N) is 1. The minimum Gasteiger partial charge on any atom is -0.381 e. The van der Waals surface area contributed by atoms with Crippen molar-refractivity contribution in [2.24, 2.45) is 5.73 Å². The standard InChI is InChI=1S/C11H18ClN3/c1-8(7-13)14-9-4-5-11(15(2)3)10(12)6-9/h4-6,8,14H,7,13H2,1-3H3. The van der Waals surface area contributed by atoms with Crippen LogP contribution in [0.4, 0.5) is 11.4 Å². The third kappa shape index (κ3) is 3.29. The van der Waals surface area contributed by atoms with E-state index in [0.717, 1.165) is 16.4 Å². The van der Waals surface area contributed by atoms with E-state index in [4.69, 9.17) is 17.3 Å². The van der Waals surface area contributed by atoms with E-state index in [2.05, 4.69) is 5.32 Å². The Kier molecular flexibility index (Phi) is 4.24. The zero-order valence-electron chi connectivity index (χ0n) is 9.42. The van der Waals surface area contributed by atoms with E-state index in [1.807, 2.05) is 44.1 Å². The Morgan fingerprint density at radius 3 is 2.60 bits per heavy atom. The van der Waals surface area contributed by atoms with Crippen molar-refractivity contribution in [2.45, 2.75) is 13.0 Å². The highest BCUT2D eigenvalue weighted by atomic mass is 35.5. The lowest BCUT2D eigenvalue weighted by Gasteiger charge is -2.17. The minimum absolute atomic E-state index is 0.256. The smallest absolute Gasteiger partial charge is 0.0659 e. The summed E-state index contributed by atoms with van der Waals surface area (Å²) in [5.41, 5.74) is 7.55. The number of nitrogens with two attached hydrogens (primary N) is 1. The number of anilines is 2. The molecule has 1 aromatic carbocycles. The Morgan fingerprint density at radius 1 is 1.47 bits per heavy atom. The molecule has 15 heavy (non-hydrogen) atoms. The van der Waals surface area contributed by atoms with E-state index >= 15 is 0 Å². The first-order chi connectivity index (χ1) is 7.04. The van der Waals surface area contributed by atoms with Crippen molar-refractivity contribution < 1.29 is 0 Å². The van der Waals surface area contributed by atoms with Gasteiger partial charge in [-0.1, -0.05) is 11.6 Å². The molecular weight excluding hydrogens is 210 g/mol. The van der Waals surface area contributed by atoms with Gasteiger partial charge < -0.3 is 16.0 Å². The summed E-state index contributed by atoms with van der Waals surface area (Å²) >= 11 is 6.14. The van der Waals surface area contributed by atoms with E-state index < -0.39 is 0 Å². The zero-order chi connectivity index (χ0) is 11.4. The molecule has 0 bridgehead atoms. The molecule has 1 unspecified atom stereocenters. The third-order valence-electron chi connectivity index (χ3n) is 2.20. The van der Waals surface area contributed by atoms with E-state index in [9.17, 15) is 0 Å². The summed E-state index contributed by atoms with van der Waals surface area (Å²) in [5, 5.41) is 4.02. The first kappa shape index (κ1) is 12.1. The van der Waals surface area contributed by atoms with Crippen LogP contribution in [-0.4, -0.2) is 26.7 Å². The maximum Gasteiger partial charge on any atom is 0.0659 e. The van der Waals surface area contributed by atoms with Crippen LogP contribution in [0, 0.1) is 0 Å². The van der Waals surface area contributed by atoms with Gasteiger partial charge in [-0.3, -0.25) is 0 Å². The zero-order valence-corrected chi connectivity index (χ0v) is 10.2. The number of hydrogen-bond donors (Lipinski definition) is 2. The van der Waals surface area contributed by atoms with Gasteiger partial charge in [-0.05, 0) is 25.1 Å². The molecule has 0 heterocycles. The van der Waals surface area contributed by atoms with Crippen molar-refractivity contribution in [3.05, 3.63) is 23.2 Å². The summed E-state index contributed by atoms with van der Waals surface area (Å²) in [6.07, 6.45) is 0. The Balaban J connectivity index is 2.82. The van der Waals surface area contributed by atoms with Gasteiger partial charge in [0.25, 0.3) is 0 Å². The lowest BCUT2D eigenvalue weighted by atomic mass is 10.2. The van der Waals surface area contributed by atoms with Gasteiger partial charge >= 0.3 is 0 Å². The predicted octanol–water partition coefficient (Wildman–Crippen LogP) is 2.17. The number of benzene rings is 1. The molecular formula is C11H18ClN3. The van der Waals surface area contributed by atoms with Gasteiger partial charge in [-0.15, -0.1) is 0 Å². The van der Waals surface area contributed by atoms with Crippen molar-refractivity contribution >= 4 is 23.0 Å². The maximum atomic E-state index is 6.14. The van der Waals surface area contributed by atoms with Crippen LogP contribution in [0.1, 0.15) is 6.92 Å². The Bertz CT molecular complexity index is 326. The van der Waals surface area contributed by atoms with Crippen LogP contribution in [0.5, 0.6) is 0 Å². The fourth-order valence-corrected chi connectivity index (χ4v) is 1.65. The monoisotopic (exact) mass is 227 g/mol. The highest BCUT2D eigenvalue weighted by molar-refractivity contribution is 6.33. The topological polar surface area (TPSA) is 41.3 Å². The summed E-state index contributed by atoms with van der Waals surface area (Å²) in [4.78, 5) is 1.98. The first-order valence-corrected chi connectivity index (χ1v) is 5.36. The van der Waals surface area contributed by atoms with Crippen molar-refractivity contribution in [3.63, 3.8) is 0 Å². The second kappa shape index (κ2) is 5.24. The predicted molar refractivity (Wildman–Crippen MR) is 67.9 cm³/mol. The fraction of sp³-hybridized carbons (Fsp3) is 0.455. The summed E-state index contributed by atoms with van der Waals surface area (Å²) < 4.78 is 0. The molecule has 0 aromatic heterocycles. The largest absolute Gasteiger partial charge is 0.381 e. The maximum absolute atomic E-state index is 6.14. The summed E-state index contributed by atoms with van der Waals surface area (Å²) in [6.45, 7) is 2.64. The molecule has 1 atom stereocenters. The van der Waals surface area contributed by atoms with E-state index in [1.54, 1.807) is 0 Å². The molecule has 0 aliphatic heterocycles. The van der Waals surface area contributed by atoms with Gasteiger partial charge in [-0.2, -0.15) is 0 Å². The van der Waals surface area contributed by atoms with Gasteiger partial charge in [0.05, 0.1) is 10.7 Å². The molecule has 0 aliphatic rings. The molecule has 84 valence electrons. The van der Waals surface area contributed by atoms with E-state index in [-0.39, 0.29) is 6.04 Å². The van der Waals surface area contributed by atoms with Crippen LogP contribution in [-0.2, 0) is 0 Å². The van der Waals surface area contributed by atoms with E-state index in [0.29, 0.717) is 6.54 Å². The summed E-state index contributed by atoms with van der Waals surface area (Å²) in [5.74, 6) is 0. The SMILES string of the molecule is CC(CN)Nc1ccc(N(C)C)c(Cl)c1. The number of nitrogens with one attached hydrogen (secondary N) is 1. The second-order valence-corrected chi connectivity index (χ2v) is 4.25. The summed E-state index contributed by atoms with van der Waals surface area (Å²) in [6, 6.07) is 6.18. The number of hydrogen-bond acceptors (Lipinski definition) is 3. The average Bonchev–Trinajstić information content (AvgIpc) is 2.17. The molecule has 0 aliphatic carbocycles. The normalized spacial score (nSPS) is 12.3. The first-order valence-electron chi connectivity index (χ1n) is 4.98. The fourth-order valence-electron chi connectivity index (χ4n) is 1.30. The van der Waals surface area contributed by atoms with Gasteiger partial charge in [0.1, 0.15) is 0 Å². The van der Waals surface area contributed by atoms with Gasteiger partial charge in [-0.25, -0.2) is 0 Å². The molecule has 0 amide bonds. The molecule has 0 fully saturated rings. The lowest BCUT2D eigenvalue weighted by molar-refractivity contribution is 0.804. The Hall–Kier alpha value is -0.930. The van der Waals surface area contributed by atoms with Crippen LogP contribution >= 0.6 is 11.6 Å². The van der Waals surface area contributed by atoms with Gasteiger partial charge in [0, 0.05) is 32.4 Å². The molecule has 3 nitrogen and oxygen atoms in total. The van der Waals surface area contributed by atoms with Crippen molar-refractivity contribution in [1.82, 2.24) is 0 Å². The van der Waals surface area contributed by atoms with Crippen LogP contribution < -0.4 is 16.0 Å².